The van der Waals surface area contributed by atoms with Crippen LogP contribution in [0.2, 0.25) is 0 Å². The van der Waals surface area contributed by atoms with Crippen LogP contribution in [0.15, 0.2) is 66.9 Å². The molecule has 1 amide bonds. The van der Waals surface area contributed by atoms with Gasteiger partial charge in [0.25, 0.3) is 0 Å². The minimum atomic E-state index is -0.570. The van der Waals surface area contributed by atoms with Crippen LogP contribution in [0.1, 0.15) is 27.9 Å². The number of hydrogen-bond donors (Lipinski definition) is 2. The maximum Gasteiger partial charge on any atom is 0.237 e. The predicted molar refractivity (Wildman–Crippen MR) is 131 cm³/mol. The van der Waals surface area contributed by atoms with E-state index in [0.717, 1.165) is 28.6 Å². The third kappa shape index (κ3) is 2.75. The summed E-state index contributed by atoms with van der Waals surface area (Å²) in [7, 11) is 0. The Morgan fingerprint density at radius 1 is 1.03 bits per heavy atom. The topological polar surface area (TPSA) is 78.4 Å². The van der Waals surface area contributed by atoms with E-state index in [1.165, 1.54) is 22.4 Å². The highest BCUT2D eigenvalue weighted by molar-refractivity contribution is 6.06. The number of nitrogens with zero attached hydrogens (tertiary/aromatic N) is 3. The molecule has 0 fully saturated rings. The molecule has 6 nitrogen and oxygen atoms in total. The highest BCUT2D eigenvalue weighted by atomic mass is 16.3. The van der Waals surface area contributed by atoms with Crippen molar-refractivity contribution in [2.75, 3.05) is 16.8 Å². The molecule has 7 rings (SSSR count). The Kier molecular flexibility index (Phi) is 4.12. The van der Waals surface area contributed by atoms with E-state index in [1.807, 2.05) is 18.2 Å². The first kappa shape index (κ1) is 19.7. The number of nitrogens with one attached hydrogen (secondary N) is 1. The van der Waals surface area contributed by atoms with Gasteiger partial charge in [-0.1, -0.05) is 30.3 Å². The van der Waals surface area contributed by atoms with E-state index >= 15 is 0 Å². The number of hydrogen-bond acceptors (Lipinski definition) is 5. The van der Waals surface area contributed by atoms with Crippen LogP contribution in [0.3, 0.4) is 0 Å². The fraction of sp³-hybridized carbons (Fsp3) is 0.250. The van der Waals surface area contributed by atoms with E-state index in [-0.39, 0.29) is 18.6 Å². The lowest BCUT2D eigenvalue weighted by atomic mass is 9.79. The molecule has 168 valence electrons. The molecule has 0 radical (unpaired) electrons. The highest BCUT2D eigenvalue weighted by Crippen LogP contribution is 2.47. The Morgan fingerprint density at radius 3 is 2.76 bits per heavy atom. The van der Waals surface area contributed by atoms with Gasteiger partial charge >= 0.3 is 0 Å². The predicted octanol–water partition coefficient (Wildman–Crippen LogP) is 3.54. The molecule has 4 heterocycles. The number of pyridine rings is 2. The zero-order valence-corrected chi connectivity index (χ0v) is 18.7. The SMILES string of the molecule is O=C1Nc2ncccc2C12Cc1cc3ccc(CN4c5ccccc5CC4CO)nc3cc1C2. The number of para-hydroxylation sites is 1. The molecule has 0 saturated carbocycles. The van der Waals surface area contributed by atoms with Crippen molar-refractivity contribution in [3.8, 4) is 0 Å². The van der Waals surface area contributed by atoms with Crippen molar-refractivity contribution >= 4 is 28.3 Å². The van der Waals surface area contributed by atoms with Crippen molar-refractivity contribution in [2.24, 2.45) is 0 Å². The average molecular weight is 449 g/mol. The molecule has 0 bridgehead atoms. The summed E-state index contributed by atoms with van der Waals surface area (Å²) in [5, 5.41) is 14.0. The van der Waals surface area contributed by atoms with Gasteiger partial charge in [-0.15, -0.1) is 0 Å². The molecule has 34 heavy (non-hydrogen) atoms. The molecule has 1 aliphatic carbocycles. The van der Waals surface area contributed by atoms with Crippen molar-refractivity contribution < 1.29 is 9.90 Å². The van der Waals surface area contributed by atoms with Crippen LogP contribution >= 0.6 is 0 Å². The van der Waals surface area contributed by atoms with Crippen molar-refractivity contribution in [1.29, 1.82) is 0 Å². The summed E-state index contributed by atoms with van der Waals surface area (Å²) in [5.74, 6) is 0.729. The Balaban J connectivity index is 1.23. The average Bonchev–Trinajstić information content (AvgIpc) is 3.49. The second-order valence-corrected chi connectivity index (χ2v) is 9.70. The molecule has 2 N–H and O–H groups in total. The van der Waals surface area contributed by atoms with Gasteiger partial charge in [0.2, 0.25) is 5.91 Å². The monoisotopic (exact) mass is 448 g/mol. The van der Waals surface area contributed by atoms with E-state index in [2.05, 4.69) is 57.7 Å². The van der Waals surface area contributed by atoms with Gasteiger partial charge in [-0.05, 0) is 66.3 Å². The highest BCUT2D eigenvalue weighted by Gasteiger charge is 2.51. The maximum atomic E-state index is 13.0. The largest absolute Gasteiger partial charge is 0.394 e. The molecule has 1 spiro atoms. The third-order valence-corrected chi connectivity index (χ3v) is 7.78. The molecular formula is C28H24N4O2. The first-order valence-electron chi connectivity index (χ1n) is 11.8. The number of fused-ring (bicyclic) bond motifs is 5. The number of rotatable bonds is 3. The first-order chi connectivity index (χ1) is 16.6. The summed E-state index contributed by atoms with van der Waals surface area (Å²) in [4.78, 5) is 24.7. The van der Waals surface area contributed by atoms with E-state index in [9.17, 15) is 9.90 Å². The maximum absolute atomic E-state index is 13.0. The molecule has 2 unspecified atom stereocenters. The molecule has 6 heteroatoms. The zero-order chi connectivity index (χ0) is 22.9. The number of aromatic nitrogens is 2. The normalized spacial score (nSPS) is 22.2. The summed E-state index contributed by atoms with van der Waals surface area (Å²) >= 11 is 0. The quantitative estimate of drug-likeness (QED) is 0.501. The molecule has 2 aromatic heterocycles. The van der Waals surface area contributed by atoms with Gasteiger partial charge in [-0.2, -0.15) is 0 Å². The molecule has 2 aromatic carbocycles. The summed E-state index contributed by atoms with van der Waals surface area (Å²) in [6, 6.07) is 20.9. The van der Waals surface area contributed by atoms with Crippen LogP contribution in [0.4, 0.5) is 11.5 Å². The van der Waals surface area contributed by atoms with Crippen LogP contribution < -0.4 is 10.2 Å². The number of carbonyl (C=O) groups is 1. The summed E-state index contributed by atoms with van der Waals surface area (Å²) in [6.45, 7) is 0.775. The number of benzene rings is 2. The number of amides is 1. The van der Waals surface area contributed by atoms with Crippen LogP contribution in [0.25, 0.3) is 10.9 Å². The lowest BCUT2D eigenvalue weighted by Gasteiger charge is -2.26. The van der Waals surface area contributed by atoms with Crippen molar-refractivity contribution in [1.82, 2.24) is 9.97 Å². The van der Waals surface area contributed by atoms with Crippen LogP contribution in [-0.2, 0) is 36.0 Å². The summed E-state index contributed by atoms with van der Waals surface area (Å²) in [5.41, 5.74) is 7.20. The Morgan fingerprint density at radius 2 is 1.88 bits per heavy atom. The van der Waals surface area contributed by atoms with Gasteiger partial charge in [0.15, 0.2) is 0 Å². The van der Waals surface area contributed by atoms with Gasteiger partial charge in [-0.3, -0.25) is 9.78 Å². The minimum Gasteiger partial charge on any atom is -0.394 e. The number of anilines is 2. The Hall–Kier alpha value is -3.77. The first-order valence-corrected chi connectivity index (χ1v) is 11.8. The van der Waals surface area contributed by atoms with Crippen LogP contribution in [-0.4, -0.2) is 33.6 Å². The van der Waals surface area contributed by atoms with E-state index in [1.54, 1.807) is 6.20 Å². The lowest BCUT2D eigenvalue weighted by molar-refractivity contribution is -0.120. The van der Waals surface area contributed by atoms with Gasteiger partial charge in [-0.25, -0.2) is 4.98 Å². The smallest absolute Gasteiger partial charge is 0.237 e. The summed E-state index contributed by atoms with van der Waals surface area (Å²) in [6.07, 6.45) is 3.93. The Labute approximate surface area is 197 Å². The number of aliphatic hydroxyl groups excluding tert-OH is 1. The number of carbonyl (C=O) groups excluding carboxylic acids is 1. The zero-order valence-electron chi connectivity index (χ0n) is 18.7. The van der Waals surface area contributed by atoms with Gasteiger partial charge in [0, 0.05) is 22.8 Å². The molecule has 0 saturated heterocycles. The second kappa shape index (κ2) is 7.11. The molecule has 3 aliphatic rings. The Bertz CT molecular complexity index is 1480. The molecule has 2 aliphatic heterocycles. The van der Waals surface area contributed by atoms with Gasteiger partial charge in [0.1, 0.15) is 5.82 Å². The van der Waals surface area contributed by atoms with Crippen LogP contribution in [0, 0.1) is 0 Å². The lowest BCUT2D eigenvalue weighted by Crippen LogP contribution is -2.35. The van der Waals surface area contributed by atoms with Crippen LogP contribution in [0.5, 0.6) is 0 Å². The van der Waals surface area contributed by atoms with E-state index in [4.69, 9.17) is 4.98 Å². The van der Waals surface area contributed by atoms with Crippen molar-refractivity contribution in [3.05, 3.63) is 94.8 Å². The molecular weight excluding hydrogens is 424 g/mol. The molecule has 4 aromatic rings. The second-order valence-electron chi connectivity index (χ2n) is 9.70. The fourth-order valence-corrected chi connectivity index (χ4v) is 6.10. The van der Waals surface area contributed by atoms with Crippen molar-refractivity contribution in [3.63, 3.8) is 0 Å². The van der Waals surface area contributed by atoms with E-state index < -0.39 is 5.41 Å². The number of aliphatic hydroxyl groups is 1. The van der Waals surface area contributed by atoms with E-state index in [0.29, 0.717) is 25.2 Å². The van der Waals surface area contributed by atoms with Crippen molar-refractivity contribution in [2.45, 2.75) is 37.3 Å². The standard InChI is InChI=1S/C28H24N4O2/c33-16-22-11-18-4-1-2-6-25(18)32(22)15-21-8-7-17-10-19-13-28(14-20(19)12-24(17)30-21)23-5-3-9-29-26(23)31-27(28)34/h1-10,12,22,33H,11,13-16H2,(H,29,31,34). The third-order valence-electron chi connectivity index (χ3n) is 7.78. The molecule has 2 atom stereocenters. The minimum absolute atomic E-state index is 0.0397. The fourth-order valence-electron chi connectivity index (χ4n) is 6.10. The van der Waals surface area contributed by atoms with Gasteiger partial charge < -0.3 is 15.3 Å². The summed E-state index contributed by atoms with van der Waals surface area (Å²) < 4.78 is 0. The van der Waals surface area contributed by atoms with Gasteiger partial charge in [0.05, 0.1) is 35.8 Å².